The molecule has 1 unspecified atom stereocenters. The van der Waals surface area contributed by atoms with E-state index in [2.05, 4.69) is 76.3 Å². The summed E-state index contributed by atoms with van der Waals surface area (Å²) < 4.78 is 5.89. The lowest BCUT2D eigenvalue weighted by atomic mass is 10.1. The zero-order valence-corrected chi connectivity index (χ0v) is 13.9. The van der Waals surface area contributed by atoms with Crippen LogP contribution in [0.4, 0.5) is 0 Å². The highest BCUT2D eigenvalue weighted by atomic mass is 16.5. The van der Waals surface area contributed by atoms with Crippen LogP contribution >= 0.6 is 0 Å². The maximum atomic E-state index is 5.89. The summed E-state index contributed by atoms with van der Waals surface area (Å²) >= 11 is 0. The Morgan fingerprint density at radius 1 is 1.20 bits per heavy atom. The summed E-state index contributed by atoms with van der Waals surface area (Å²) in [7, 11) is 4.15. The van der Waals surface area contributed by atoms with Crippen LogP contribution in [0.1, 0.15) is 45.7 Å². The fourth-order valence-corrected chi connectivity index (χ4v) is 1.72. The Kier molecular flexibility index (Phi) is 6.50. The molecule has 0 aliphatic heterocycles. The molecular formula is C17H30N2O. The van der Waals surface area contributed by atoms with Gasteiger partial charge >= 0.3 is 0 Å². The van der Waals surface area contributed by atoms with Gasteiger partial charge in [-0.15, -0.1) is 0 Å². The third-order valence-corrected chi connectivity index (χ3v) is 3.88. The van der Waals surface area contributed by atoms with Crippen molar-refractivity contribution >= 4 is 0 Å². The van der Waals surface area contributed by atoms with Gasteiger partial charge in [0, 0.05) is 11.6 Å². The molecular weight excluding hydrogens is 248 g/mol. The second-order valence-corrected chi connectivity index (χ2v) is 6.24. The van der Waals surface area contributed by atoms with Crippen molar-refractivity contribution in [2.45, 2.75) is 45.7 Å². The van der Waals surface area contributed by atoms with Gasteiger partial charge in [-0.05, 0) is 65.5 Å². The van der Waals surface area contributed by atoms with Gasteiger partial charge in [-0.3, -0.25) is 0 Å². The monoisotopic (exact) mass is 278 g/mol. The van der Waals surface area contributed by atoms with Crippen LogP contribution in [0.25, 0.3) is 0 Å². The summed E-state index contributed by atoms with van der Waals surface area (Å²) in [4.78, 5) is 2.18. The molecule has 0 amide bonds. The molecule has 0 radical (unpaired) electrons. The summed E-state index contributed by atoms with van der Waals surface area (Å²) in [6.45, 7) is 10.5. The van der Waals surface area contributed by atoms with E-state index in [9.17, 15) is 0 Å². The molecule has 1 aromatic rings. The highest BCUT2D eigenvalue weighted by molar-refractivity contribution is 5.29. The van der Waals surface area contributed by atoms with Gasteiger partial charge in [0.1, 0.15) is 12.4 Å². The second kappa shape index (κ2) is 7.65. The van der Waals surface area contributed by atoms with Gasteiger partial charge in [0.25, 0.3) is 0 Å². The molecule has 0 aliphatic rings. The lowest BCUT2D eigenvalue weighted by Crippen LogP contribution is -2.43. The van der Waals surface area contributed by atoms with E-state index >= 15 is 0 Å². The number of hydrogen-bond acceptors (Lipinski definition) is 3. The number of nitrogens with zero attached hydrogens (tertiary/aromatic N) is 1. The Hall–Kier alpha value is -1.06. The number of benzene rings is 1. The van der Waals surface area contributed by atoms with Crippen LogP contribution < -0.4 is 10.1 Å². The quantitative estimate of drug-likeness (QED) is 0.788. The topological polar surface area (TPSA) is 24.5 Å². The van der Waals surface area contributed by atoms with Crippen LogP contribution in [0.3, 0.4) is 0 Å². The summed E-state index contributed by atoms with van der Waals surface area (Å²) in [5.41, 5.74) is 1.34. The van der Waals surface area contributed by atoms with E-state index < -0.39 is 0 Å². The summed E-state index contributed by atoms with van der Waals surface area (Å²) in [6, 6.07) is 8.80. The zero-order chi connectivity index (χ0) is 15.2. The van der Waals surface area contributed by atoms with Crippen molar-refractivity contribution in [3.63, 3.8) is 0 Å². The number of rotatable bonds is 8. The first-order valence-corrected chi connectivity index (χ1v) is 7.50. The minimum Gasteiger partial charge on any atom is -0.492 e. The standard InChI is InChI=1S/C17H30N2O/c1-7-12-18-14(2)15-8-10-16(11-9-15)20-13-17(3,4)19(5)6/h8-11,14,18H,7,12-13H2,1-6H3. The van der Waals surface area contributed by atoms with Gasteiger partial charge in [-0.25, -0.2) is 0 Å². The Labute approximate surface area is 124 Å². The first kappa shape index (κ1) is 17.0. The van der Waals surface area contributed by atoms with Crippen molar-refractivity contribution in [3.05, 3.63) is 29.8 Å². The molecule has 114 valence electrons. The molecule has 1 aromatic carbocycles. The Morgan fingerprint density at radius 3 is 2.30 bits per heavy atom. The van der Waals surface area contributed by atoms with Gasteiger partial charge in [0.05, 0.1) is 0 Å². The first-order chi connectivity index (χ1) is 9.36. The Balaban J connectivity index is 2.54. The molecule has 3 heteroatoms. The second-order valence-electron chi connectivity index (χ2n) is 6.24. The average Bonchev–Trinajstić information content (AvgIpc) is 2.43. The Morgan fingerprint density at radius 2 is 1.80 bits per heavy atom. The molecule has 0 heterocycles. The summed E-state index contributed by atoms with van der Waals surface area (Å²) in [5.74, 6) is 0.936. The third kappa shape index (κ3) is 5.14. The molecule has 0 saturated carbocycles. The van der Waals surface area contributed by atoms with Crippen LogP contribution in [0, 0.1) is 0 Å². The average molecular weight is 278 g/mol. The largest absolute Gasteiger partial charge is 0.492 e. The molecule has 1 rings (SSSR count). The molecule has 0 spiro atoms. The molecule has 0 saturated heterocycles. The first-order valence-electron chi connectivity index (χ1n) is 7.50. The fraction of sp³-hybridized carbons (Fsp3) is 0.647. The predicted molar refractivity (Wildman–Crippen MR) is 86.4 cm³/mol. The molecule has 1 atom stereocenters. The molecule has 0 aliphatic carbocycles. The van der Waals surface area contributed by atoms with E-state index in [0.29, 0.717) is 12.6 Å². The Bertz CT molecular complexity index is 384. The van der Waals surface area contributed by atoms with E-state index in [1.165, 1.54) is 5.56 Å². The summed E-state index contributed by atoms with van der Waals surface area (Å²) in [6.07, 6.45) is 1.16. The highest BCUT2D eigenvalue weighted by Crippen LogP contribution is 2.19. The van der Waals surface area contributed by atoms with Gasteiger partial charge in [0.15, 0.2) is 0 Å². The molecule has 0 fully saturated rings. The van der Waals surface area contributed by atoms with Crippen molar-refractivity contribution in [2.75, 3.05) is 27.2 Å². The van der Waals surface area contributed by atoms with Gasteiger partial charge in [-0.2, -0.15) is 0 Å². The van der Waals surface area contributed by atoms with Crippen LogP contribution in [0.15, 0.2) is 24.3 Å². The van der Waals surface area contributed by atoms with Crippen LogP contribution in [-0.2, 0) is 0 Å². The molecule has 0 aromatic heterocycles. The number of likely N-dealkylation sites (N-methyl/N-ethyl adjacent to an activating group) is 1. The summed E-state index contributed by atoms with van der Waals surface area (Å²) in [5, 5.41) is 3.49. The molecule has 1 N–H and O–H groups in total. The smallest absolute Gasteiger partial charge is 0.119 e. The van der Waals surface area contributed by atoms with Crippen molar-refractivity contribution < 1.29 is 4.74 Å². The third-order valence-electron chi connectivity index (χ3n) is 3.88. The van der Waals surface area contributed by atoms with Crippen LogP contribution in [-0.4, -0.2) is 37.7 Å². The fourth-order valence-electron chi connectivity index (χ4n) is 1.72. The number of nitrogens with one attached hydrogen (secondary N) is 1. The minimum atomic E-state index is 0.0364. The van der Waals surface area contributed by atoms with E-state index in [4.69, 9.17) is 4.74 Å². The number of hydrogen-bond donors (Lipinski definition) is 1. The predicted octanol–water partition coefficient (Wildman–Crippen LogP) is 3.47. The molecule has 3 nitrogen and oxygen atoms in total. The van der Waals surface area contributed by atoms with Gasteiger partial charge < -0.3 is 15.0 Å². The van der Waals surface area contributed by atoms with E-state index in [1.807, 2.05) is 0 Å². The van der Waals surface area contributed by atoms with Crippen LogP contribution in [0.5, 0.6) is 5.75 Å². The van der Waals surface area contributed by atoms with Gasteiger partial charge in [0.2, 0.25) is 0 Å². The van der Waals surface area contributed by atoms with Gasteiger partial charge in [-0.1, -0.05) is 19.1 Å². The van der Waals surface area contributed by atoms with Crippen LogP contribution in [0.2, 0.25) is 0 Å². The van der Waals surface area contributed by atoms with Crippen molar-refractivity contribution in [3.8, 4) is 5.75 Å². The van der Waals surface area contributed by atoms with E-state index in [1.54, 1.807) is 0 Å². The minimum absolute atomic E-state index is 0.0364. The maximum absolute atomic E-state index is 5.89. The number of ether oxygens (including phenoxy) is 1. The van der Waals surface area contributed by atoms with Crippen molar-refractivity contribution in [1.82, 2.24) is 10.2 Å². The zero-order valence-electron chi connectivity index (χ0n) is 13.9. The van der Waals surface area contributed by atoms with E-state index in [0.717, 1.165) is 18.7 Å². The van der Waals surface area contributed by atoms with Crippen molar-refractivity contribution in [1.29, 1.82) is 0 Å². The molecule has 20 heavy (non-hydrogen) atoms. The normalized spacial score (nSPS) is 13.6. The van der Waals surface area contributed by atoms with E-state index in [-0.39, 0.29) is 5.54 Å². The SMILES string of the molecule is CCCNC(C)c1ccc(OCC(C)(C)N(C)C)cc1. The maximum Gasteiger partial charge on any atom is 0.119 e. The lowest BCUT2D eigenvalue weighted by Gasteiger charge is -2.32. The molecule has 0 bridgehead atoms. The lowest BCUT2D eigenvalue weighted by molar-refractivity contribution is 0.114. The van der Waals surface area contributed by atoms with Crippen molar-refractivity contribution in [2.24, 2.45) is 0 Å². The highest BCUT2D eigenvalue weighted by Gasteiger charge is 2.21.